The molecule has 0 aromatic heterocycles. The van der Waals surface area contributed by atoms with Crippen molar-refractivity contribution < 1.29 is 19.4 Å². The number of hydrogen-bond donors (Lipinski definition) is 2. The normalized spacial score (nSPS) is 15.3. The van der Waals surface area contributed by atoms with Crippen LogP contribution in [0.3, 0.4) is 0 Å². The lowest BCUT2D eigenvalue weighted by molar-refractivity contribution is 0.0747. The number of nitrogens with zero attached hydrogens (tertiary/aromatic N) is 1. The molecule has 0 atom stereocenters. The second-order valence-electron chi connectivity index (χ2n) is 4.02. The Bertz CT molecular complexity index is 567. The molecule has 0 spiro atoms. The number of benzene rings is 1. The maximum atomic E-state index is 12.2. The molecule has 0 aliphatic carbocycles. The van der Waals surface area contributed by atoms with Crippen molar-refractivity contribution in [1.82, 2.24) is 4.67 Å². The van der Waals surface area contributed by atoms with Crippen molar-refractivity contribution in [2.45, 2.75) is 13.8 Å². The maximum Gasteiger partial charge on any atom is 0.268 e. The molecule has 0 radical (unpaired) electrons. The van der Waals surface area contributed by atoms with Gasteiger partial charge in [0.2, 0.25) is 0 Å². The van der Waals surface area contributed by atoms with Crippen molar-refractivity contribution in [2.75, 3.05) is 11.5 Å². The third-order valence-corrected chi connectivity index (χ3v) is 10.1. The Balaban J connectivity index is 2.60. The van der Waals surface area contributed by atoms with Crippen LogP contribution in [0.5, 0.6) is 0 Å². The highest BCUT2D eigenvalue weighted by molar-refractivity contribution is 8.28. The Hall–Kier alpha value is -0.940. The number of imide groups is 1. The Morgan fingerprint density at radius 2 is 1.47 bits per heavy atom. The average Bonchev–Trinajstić information content (AvgIpc) is 2.64. The number of fused-ring (bicyclic) bond motifs is 1. The minimum absolute atomic E-state index is 0.246. The van der Waals surface area contributed by atoms with Gasteiger partial charge in [-0.25, -0.2) is 4.67 Å². The zero-order valence-corrected chi connectivity index (χ0v) is 12.4. The van der Waals surface area contributed by atoms with E-state index < -0.39 is 28.5 Å². The maximum absolute atomic E-state index is 12.2. The lowest BCUT2D eigenvalue weighted by Gasteiger charge is -2.26. The van der Waals surface area contributed by atoms with Crippen LogP contribution in [0.1, 0.15) is 34.6 Å². The van der Waals surface area contributed by atoms with Crippen LogP contribution in [0.2, 0.25) is 0 Å². The van der Waals surface area contributed by atoms with Gasteiger partial charge in [-0.05, 0) is 23.6 Å². The van der Waals surface area contributed by atoms with E-state index in [-0.39, 0.29) is 11.1 Å². The molecule has 1 aliphatic rings. The van der Waals surface area contributed by atoms with Gasteiger partial charge >= 0.3 is 0 Å². The molecule has 2 amide bonds. The van der Waals surface area contributed by atoms with Crippen LogP contribution < -0.4 is 0 Å². The highest BCUT2D eigenvalue weighted by atomic mass is 32.5. The molecule has 19 heavy (non-hydrogen) atoms. The summed E-state index contributed by atoms with van der Waals surface area (Å²) in [5.74, 6) is -0.133. The highest BCUT2D eigenvalue weighted by Gasteiger charge is 2.43. The monoisotopic (exact) mass is 301 g/mol. The number of hydrogen-bond acceptors (Lipinski definition) is 2. The molecule has 0 bridgehead atoms. The van der Waals surface area contributed by atoms with Crippen molar-refractivity contribution in [3.05, 3.63) is 35.4 Å². The van der Waals surface area contributed by atoms with E-state index in [0.717, 1.165) is 0 Å². The summed E-state index contributed by atoms with van der Waals surface area (Å²) in [5.41, 5.74) is 0.492. The van der Waals surface area contributed by atoms with Crippen molar-refractivity contribution in [1.29, 1.82) is 0 Å². The Kier molecular flexibility index (Phi) is 3.97. The van der Waals surface area contributed by atoms with Gasteiger partial charge in [-0.2, -0.15) is 0 Å². The van der Waals surface area contributed by atoms with Crippen LogP contribution in [0, 0.1) is 0 Å². The van der Waals surface area contributed by atoms with Gasteiger partial charge in [0.25, 0.3) is 18.5 Å². The van der Waals surface area contributed by atoms with Gasteiger partial charge in [0.05, 0.1) is 11.1 Å². The van der Waals surface area contributed by atoms with Gasteiger partial charge in [-0.3, -0.25) is 9.59 Å². The minimum atomic E-state index is -3.73. The first kappa shape index (κ1) is 14.5. The first-order valence-corrected chi connectivity index (χ1v) is 9.77. The van der Waals surface area contributed by atoms with Gasteiger partial charge < -0.3 is 9.79 Å². The first-order chi connectivity index (χ1) is 8.95. The summed E-state index contributed by atoms with van der Waals surface area (Å²) in [7, 11) is -0.762. The molecule has 1 aliphatic heterocycles. The summed E-state index contributed by atoms with van der Waals surface area (Å²) in [4.78, 5) is 45.1. The molecule has 0 unspecified atom stereocenters. The lowest BCUT2D eigenvalue weighted by Crippen LogP contribution is -2.28. The second kappa shape index (κ2) is 5.21. The van der Waals surface area contributed by atoms with Crippen molar-refractivity contribution in [3.8, 4) is 0 Å². The largest absolute Gasteiger partial charge is 0.333 e. The van der Waals surface area contributed by atoms with E-state index in [1.165, 1.54) is 12.1 Å². The number of amides is 2. The molecule has 1 aromatic rings. The van der Waals surface area contributed by atoms with Gasteiger partial charge in [0.15, 0.2) is 0 Å². The molecule has 5 nitrogen and oxygen atoms in total. The quantitative estimate of drug-likeness (QED) is 0.656. The molecule has 7 heteroatoms. The second-order valence-corrected chi connectivity index (χ2v) is 10.5. The Morgan fingerprint density at radius 3 is 1.84 bits per heavy atom. The molecular formula is C12H16NO4PS. The molecule has 2 N–H and O–H groups in total. The van der Waals surface area contributed by atoms with Gasteiger partial charge in [0.1, 0.15) is 0 Å². The summed E-state index contributed by atoms with van der Waals surface area (Å²) >= 11 is 0. The SMILES string of the molecule is CCS(CC)=P(O)(O)N1C(=O)c2ccccc2C1=O. The predicted molar refractivity (Wildman–Crippen MR) is 76.7 cm³/mol. The average molecular weight is 301 g/mol. The molecule has 0 saturated carbocycles. The van der Waals surface area contributed by atoms with Crippen molar-refractivity contribution in [2.24, 2.45) is 0 Å². The molecular weight excluding hydrogens is 285 g/mol. The fourth-order valence-electron chi connectivity index (χ4n) is 2.08. The van der Waals surface area contributed by atoms with E-state index in [9.17, 15) is 19.4 Å². The van der Waals surface area contributed by atoms with Crippen LogP contribution in [0.4, 0.5) is 0 Å². The fourth-order valence-corrected chi connectivity index (χ4v) is 7.32. The summed E-state index contributed by atoms with van der Waals surface area (Å²) in [6.45, 7) is -0.0826. The van der Waals surface area contributed by atoms with E-state index in [1.807, 2.05) is 13.8 Å². The van der Waals surface area contributed by atoms with E-state index in [1.54, 1.807) is 12.1 Å². The smallest absolute Gasteiger partial charge is 0.268 e. The predicted octanol–water partition coefficient (Wildman–Crippen LogP) is 1.60. The summed E-state index contributed by atoms with van der Waals surface area (Å²) in [5, 5.41) is 0. The van der Waals surface area contributed by atoms with Crippen molar-refractivity contribution >= 4 is 28.5 Å². The Morgan fingerprint density at radius 1 is 1.05 bits per heavy atom. The van der Waals surface area contributed by atoms with Gasteiger partial charge in [0, 0.05) is 0 Å². The molecule has 104 valence electrons. The van der Waals surface area contributed by atoms with Crippen LogP contribution in [-0.4, -0.2) is 37.8 Å². The third-order valence-electron chi connectivity index (χ3n) is 3.05. The number of rotatable bonds is 3. The zero-order chi connectivity index (χ0) is 14.2. The molecule has 0 fully saturated rings. The molecule has 2 rings (SSSR count). The van der Waals surface area contributed by atoms with Crippen LogP contribution >= 0.6 is 6.64 Å². The van der Waals surface area contributed by atoms with E-state index in [2.05, 4.69) is 0 Å². The Labute approximate surface area is 114 Å². The van der Waals surface area contributed by atoms with Crippen LogP contribution in [0.15, 0.2) is 24.3 Å². The minimum Gasteiger partial charge on any atom is -0.333 e. The lowest BCUT2D eigenvalue weighted by atomic mass is 10.1. The molecule has 1 aromatic carbocycles. The summed E-state index contributed by atoms with van der Waals surface area (Å²) in [6.07, 6.45) is 0. The van der Waals surface area contributed by atoms with Gasteiger partial charge in [-0.1, -0.05) is 26.0 Å². The third kappa shape index (κ3) is 2.19. The molecule has 0 saturated heterocycles. The standard InChI is InChI=1S/C12H16NO4PS/c1-3-19(4-2)18(16,17)13-11(14)9-7-5-6-8-10(9)12(13)15/h5-8,16-17H,3-4H2,1-2H3. The van der Waals surface area contributed by atoms with E-state index in [0.29, 0.717) is 16.2 Å². The molecule has 1 heterocycles. The van der Waals surface area contributed by atoms with Gasteiger partial charge in [-0.15, -0.1) is 10.1 Å². The highest BCUT2D eigenvalue weighted by Crippen LogP contribution is 2.50. The van der Waals surface area contributed by atoms with E-state index in [4.69, 9.17) is 0 Å². The van der Waals surface area contributed by atoms with Crippen LogP contribution in [0.25, 0.3) is 0 Å². The zero-order valence-electron chi connectivity index (χ0n) is 10.7. The van der Waals surface area contributed by atoms with Crippen LogP contribution in [-0.2, 0) is 10.1 Å². The number of carbonyl (C=O) groups excluding carboxylic acids is 2. The summed E-state index contributed by atoms with van der Waals surface area (Å²) < 4.78 is 0.688. The fraction of sp³-hybridized carbons (Fsp3) is 0.333. The topological polar surface area (TPSA) is 77.8 Å². The van der Waals surface area contributed by atoms with E-state index >= 15 is 0 Å². The number of carbonyl (C=O) groups is 2. The summed E-state index contributed by atoms with van der Waals surface area (Å²) in [6, 6.07) is 6.38. The van der Waals surface area contributed by atoms with Crippen molar-refractivity contribution in [3.63, 3.8) is 0 Å². The first-order valence-electron chi connectivity index (χ1n) is 5.96.